The molecule has 0 fully saturated rings. The minimum Gasteiger partial charge on any atom is -0.451 e. The van der Waals surface area contributed by atoms with Crippen molar-refractivity contribution in [3.05, 3.63) is 63.2 Å². The predicted octanol–water partition coefficient (Wildman–Crippen LogP) is 7.96. The van der Waals surface area contributed by atoms with Crippen molar-refractivity contribution in [3.8, 4) is 5.75 Å². The van der Waals surface area contributed by atoms with E-state index in [-0.39, 0.29) is 10.8 Å². The quantitative estimate of drug-likeness (QED) is 0.212. The van der Waals surface area contributed by atoms with Crippen LogP contribution in [0.5, 0.6) is 5.75 Å². The Balaban J connectivity index is 2.40. The standard InChI is InChI=1S/C32H46O4/c1-13-30(8,9)26-20(4)16-24(17-21(26)5)31(10,11)25-18-22(6)27(23(7)19-25)35-28(33)29(34)36-32(12,14-2)15-3/h16-19H,13-15H2,1-12H3. The van der Waals surface area contributed by atoms with Crippen molar-refractivity contribution < 1.29 is 19.1 Å². The molecule has 0 saturated heterocycles. The number of carbonyl (C=O) groups excluding carboxylic acids is 2. The van der Waals surface area contributed by atoms with Crippen LogP contribution in [0.3, 0.4) is 0 Å². The molecule has 4 heteroatoms. The summed E-state index contributed by atoms with van der Waals surface area (Å²) in [6.45, 7) is 25.2. The summed E-state index contributed by atoms with van der Waals surface area (Å²) < 4.78 is 11.0. The van der Waals surface area contributed by atoms with E-state index in [0.29, 0.717) is 18.6 Å². The molecule has 0 saturated carbocycles. The van der Waals surface area contributed by atoms with E-state index in [4.69, 9.17) is 9.47 Å². The zero-order valence-electron chi connectivity index (χ0n) is 24.6. The number of aryl methyl sites for hydroxylation is 4. The van der Waals surface area contributed by atoms with Crippen molar-refractivity contribution in [2.75, 3.05) is 0 Å². The second-order valence-corrected chi connectivity index (χ2v) is 11.7. The molecule has 2 aromatic carbocycles. The van der Waals surface area contributed by atoms with Crippen molar-refractivity contribution in [3.63, 3.8) is 0 Å². The van der Waals surface area contributed by atoms with Gasteiger partial charge in [0.1, 0.15) is 11.4 Å². The maximum atomic E-state index is 12.5. The van der Waals surface area contributed by atoms with Crippen molar-refractivity contribution in [2.45, 2.75) is 119 Å². The lowest BCUT2D eigenvalue weighted by atomic mass is 9.72. The number of carbonyl (C=O) groups is 2. The van der Waals surface area contributed by atoms with Crippen LogP contribution in [-0.4, -0.2) is 17.5 Å². The van der Waals surface area contributed by atoms with Gasteiger partial charge in [0, 0.05) is 5.41 Å². The Hall–Kier alpha value is -2.62. The van der Waals surface area contributed by atoms with Gasteiger partial charge in [0.05, 0.1) is 0 Å². The zero-order valence-corrected chi connectivity index (χ0v) is 24.6. The smallest absolute Gasteiger partial charge is 0.422 e. The molecule has 0 atom stereocenters. The molecule has 0 spiro atoms. The van der Waals surface area contributed by atoms with Gasteiger partial charge in [-0.2, -0.15) is 0 Å². The van der Waals surface area contributed by atoms with Crippen molar-refractivity contribution in [2.24, 2.45) is 0 Å². The van der Waals surface area contributed by atoms with Gasteiger partial charge in [-0.05, 0) is 98.2 Å². The van der Waals surface area contributed by atoms with Crippen LogP contribution in [0, 0.1) is 27.7 Å². The summed E-state index contributed by atoms with van der Waals surface area (Å²) in [5, 5.41) is 0. The number of ether oxygens (including phenoxy) is 2. The van der Waals surface area contributed by atoms with E-state index in [9.17, 15) is 9.59 Å². The van der Waals surface area contributed by atoms with Crippen molar-refractivity contribution >= 4 is 11.9 Å². The molecule has 2 aromatic rings. The molecule has 0 radical (unpaired) electrons. The molecule has 0 bridgehead atoms. The van der Waals surface area contributed by atoms with Gasteiger partial charge in [0.2, 0.25) is 0 Å². The van der Waals surface area contributed by atoms with Crippen molar-refractivity contribution in [1.82, 2.24) is 0 Å². The highest BCUT2D eigenvalue weighted by Gasteiger charge is 2.32. The molecule has 0 N–H and O–H groups in total. The highest BCUT2D eigenvalue weighted by molar-refractivity contribution is 6.30. The predicted molar refractivity (Wildman–Crippen MR) is 148 cm³/mol. The lowest BCUT2D eigenvalue weighted by Crippen LogP contribution is -2.35. The second-order valence-electron chi connectivity index (χ2n) is 11.7. The molecule has 198 valence electrons. The first kappa shape index (κ1) is 29.6. The van der Waals surface area contributed by atoms with Gasteiger partial charge in [-0.15, -0.1) is 0 Å². The number of hydrogen-bond acceptors (Lipinski definition) is 4. The van der Waals surface area contributed by atoms with Crippen LogP contribution in [0.25, 0.3) is 0 Å². The lowest BCUT2D eigenvalue weighted by Gasteiger charge is -2.32. The van der Waals surface area contributed by atoms with Gasteiger partial charge in [-0.1, -0.05) is 72.7 Å². The third kappa shape index (κ3) is 6.02. The Morgan fingerprint density at radius 3 is 1.47 bits per heavy atom. The van der Waals surface area contributed by atoms with E-state index < -0.39 is 17.5 Å². The molecule has 0 aromatic heterocycles. The van der Waals surface area contributed by atoms with Crippen molar-refractivity contribution in [1.29, 1.82) is 0 Å². The summed E-state index contributed by atoms with van der Waals surface area (Å²) in [6.07, 6.45) is 2.33. The van der Waals surface area contributed by atoms with Crippen LogP contribution in [0.1, 0.15) is 114 Å². The van der Waals surface area contributed by atoms with E-state index in [1.807, 2.05) is 34.6 Å². The van der Waals surface area contributed by atoms with Gasteiger partial charge in [0.25, 0.3) is 0 Å². The first-order chi connectivity index (χ1) is 16.5. The van der Waals surface area contributed by atoms with Gasteiger partial charge < -0.3 is 9.47 Å². The maximum Gasteiger partial charge on any atom is 0.422 e. The fraction of sp³-hybridized carbons (Fsp3) is 0.562. The molecular weight excluding hydrogens is 448 g/mol. The fourth-order valence-electron chi connectivity index (χ4n) is 5.00. The molecule has 36 heavy (non-hydrogen) atoms. The van der Waals surface area contributed by atoms with Gasteiger partial charge in [-0.25, -0.2) is 9.59 Å². The van der Waals surface area contributed by atoms with Gasteiger partial charge >= 0.3 is 11.9 Å². The van der Waals surface area contributed by atoms with Crippen LogP contribution in [-0.2, 0) is 25.2 Å². The Bertz CT molecular complexity index is 1090. The summed E-state index contributed by atoms with van der Waals surface area (Å²) in [5.74, 6) is -1.52. The molecule has 0 aliphatic carbocycles. The average Bonchev–Trinajstić information content (AvgIpc) is 2.80. The molecule has 0 amide bonds. The first-order valence-corrected chi connectivity index (χ1v) is 13.2. The fourth-order valence-corrected chi connectivity index (χ4v) is 5.00. The minimum atomic E-state index is -0.985. The highest BCUT2D eigenvalue weighted by Crippen LogP contribution is 2.40. The minimum absolute atomic E-state index is 0.127. The third-order valence-corrected chi connectivity index (χ3v) is 8.19. The molecule has 2 rings (SSSR count). The average molecular weight is 495 g/mol. The second kappa shape index (κ2) is 10.8. The molecule has 0 aliphatic heterocycles. The maximum absolute atomic E-state index is 12.5. The van der Waals surface area contributed by atoms with Crippen LogP contribution in [0.2, 0.25) is 0 Å². The SMILES string of the molecule is CCC(C)(CC)OC(=O)C(=O)Oc1c(C)cc(C(C)(C)c2cc(C)c(C(C)(C)CC)c(C)c2)cc1C. The first-order valence-electron chi connectivity index (χ1n) is 13.2. The number of esters is 2. The summed E-state index contributed by atoms with van der Waals surface area (Å²) in [4.78, 5) is 24.9. The zero-order chi connectivity index (χ0) is 27.6. The summed E-state index contributed by atoms with van der Waals surface area (Å²) in [5.41, 5.74) is 7.25. The van der Waals surface area contributed by atoms with Crippen LogP contribution >= 0.6 is 0 Å². The monoisotopic (exact) mass is 494 g/mol. The molecule has 0 aliphatic rings. The van der Waals surface area contributed by atoms with Gasteiger partial charge in [-0.3, -0.25) is 0 Å². The van der Waals surface area contributed by atoms with Crippen LogP contribution in [0.4, 0.5) is 0 Å². The Labute approximate surface area is 218 Å². The number of benzene rings is 2. The lowest BCUT2D eigenvalue weighted by molar-refractivity contribution is -0.172. The van der Waals surface area contributed by atoms with E-state index in [1.165, 1.54) is 22.3 Å². The molecule has 0 unspecified atom stereocenters. The topological polar surface area (TPSA) is 52.6 Å². The number of hydrogen-bond donors (Lipinski definition) is 0. The summed E-state index contributed by atoms with van der Waals surface area (Å²) in [7, 11) is 0. The largest absolute Gasteiger partial charge is 0.451 e. The van der Waals surface area contributed by atoms with E-state index in [2.05, 4.69) is 72.7 Å². The Morgan fingerprint density at radius 2 is 1.08 bits per heavy atom. The number of rotatable bonds is 8. The molecule has 0 heterocycles. The van der Waals surface area contributed by atoms with Crippen LogP contribution < -0.4 is 4.74 Å². The van der Waals surface area contributed by atoms with E-state index in [0.717, 1.165) is 23.1 Å². The highest BCUT2D eigenvalue weighted by atomic mass is 16.6. The normalized spacial score (nSPS) is 12.4. The van der Waals surface area contributed by atoms with Crippen LogP contribution in [0.15, 0.2) is 24.3 Å². The third-order valence-electron chi connectivity index (χ3n) is 8.19. The van der Waals surface area contributed by atoms with E-state index >= 15 is 0 Å². The Kier molecular flexibility index (Phi) is 8.87. The van der Waals surface area contributed by atoms with Gasteiger partial charge in [0.15, 0.2) is 0 Å². The summed E-state index contributed by atoms with van der Waals surface area (Å²) in [6, 6.07) is 8.73. The summed E-state index contributed by atoms with van der Waals surface area (Å²) >= 11 is 0. The van der Waals surface area contributed by atoms with E-state index in [1.54, 1.807) is 0 Å². The molecular formula is C32H46O4. The Morgan fingerprint density at radius 1 is 0.667 bits per heavy atom. The molecule has 4 nitrogen and oxygen atoms in total.